The van der Waals surface area contributed by atoms with Crippen molar-refractivity contribution in [2.75, 3.05) is 26.3 Å². The van der Waals surface area contributed by atoms with Gasteiger partial charge in [0.15, 0.2) is 0 Å². The molecule has 3 heteroatoms. The standard InChI is InChI=1S/C40H80N2O/c1-9-13-15-17-19-21-23-25-27-29-33-41(34-30-28-26-24-22-20-18-16-14-10-2)39(31-11-3)35-43-36-40(32-12-4)42(37(5)6)38(7)8/h31-32,37-38H,9-30,33-36H2,1-8H3/b39-31?,40-32-. The predicted molar refractivity (Wildman–Crippen MR) is 195 cm³/mol. The topological polar surface area (TPSA) is 15.7 Å². The highest BCUT2D eigenvalue weighted by Crippen LogP contribution is 2.19. The molecule has 0 atom stereocenters. The smallest absolute Gasteiger partial charge is 0.0866 e. The molecule has 0 N–H and O–H groups in total. The molecule has 0 aromatic carbocycles. The zero-order valence-corrected chi connectivity index (χ0v) is 31.0. The van der Waals surface area contributed by atoms with Crippen molar-refractivity contribution in [2.45, 2.75) is 209 Å². The summed E-state index contributed by atoms with van der Waals surface area (Å²) in [6, 6.07) is 0.965. The molecule has 256 valence electrons. The molecule has 43 heavy (non-hydrogen) atoms. The van der Waals surface area contributed by atoms with E-state index in [2.05, 4.69) is 77.3 Å². The van der Waals surface area contributed by atoms with Crippen LogP contribution >= 0.6 is 0 Å². The van der Waals surface area contributed by atoms with Gasteiger partial charge in [-0.05, 0) is 53.4 Å². The van der Waals surface area contributed by atoms with Gasteiger partial charge in [0, 0.05) is 36.6 Å². The molecule has 0 aromatic heterocycles. The Morgan fingerprint density at radius 2 is 0.791 bits per heavy atom. The Labute approximate surface area is 272 Å². The first-order valence-corrected chi connectivity index (χ1v) is 19.4. The molecule has 0 bridgehead atoms. The van der Waals surface area contributed by atoms with Gasteiger partial charge in [-0.2, -0.15) is 0 Å². The average molecular weight is 605 g/mol. The molecular weight excluding hydrogens is 524 g/mol. The molecule has 0 unspecified atom stereocenters. The first-order valence-electron chi connectivity index (χ1n) is 19.4. The maximum Gasteiger partial charge on any atom is 0.0866 e. The van der Waals surface area contributed by atoms with Crippen molar-refractivity contribution < 1.29 is 4.74 Å². The summed E-state index contributed by atoms with van der Waals surface area (Å²) in [6.45, 7) is 22.1. The number of ether oxygens (including phenoxy) is 1. The Hall–Kier alpha value is -0.960. The average Bonchev–Trinajstić information content (AvgIpc) is 2.97. The van der Waals surface area contributed by atoms with Crippen LogP contribution in [-0.4, -0.2) is 48.2 Å². The van der Waals surface area contributed by atoms with Crippen molar-refractivity contribution in [3.63, 3.8) is 0 Å². The van der Waals surface area contributed by atoms with Crippen LogP contribution in [0.5, 0.6) is 0 Å². The summed E-state index contributed by atoms with van der Waals surface area (Å²) in [6.07, 6.45) is 34.9. The van der Waals surface area contributed by atoms with Crippen molar-refractivity contribution in [3.05, 3.63) is 23.5 Å². The summed E-state index contributed by atoms with van der Waals surface area (Å²) in [5.74, 6) is 0. The second-order valence-corrected chi connectivity index (χ2v) is 13.6. The second-order valence-electron chi connectivity index (χ2n) is 13.6. The van der Waals surface area contributed by atoms with E-state index in [1.54, 1.807) is 0 Å². The van der Waals surface area contributed by atoms with Crippen molar-refractivity contribution >= 4 is 0 Å². The van der Waals surface area contributed by atoms with Crippen LogP contribution in [0, 0.1) is 0 Å². The third-order valence-electron chi connectivity index (χ3n) is 8.79. The minimum atomic E-state index is 0.483. The van der Waals surface area contributed by atoms with E-state index in [0.29, 0.717) is 18.7 Å². The fraction of sp³-hybridized carbons (Fsp3) is 0.900. The molecule has 0 rings (SSSR count). The molecule has 0 heterocycles. The van der Waals surface area contributed by atoms with Gasteiger partial charge >= 0.3 is 0 Å². The van der Waals surface area contributed by atoms with Gasteiger partial charge in [-0.1, -0.05) is 155 Å². The number of hydrogen-bond donors (Lipinski definition) is 0. The van der Waals surface area contributed by atoms with Crippen molar-refractivity contribution in [1.82, 2.24) is 9.80 Å². The first kappa shape index (κ1) is 42.0. The summed E-state index contributed by atoms with van der Waals surface area (Å²) >= 11 is 0. The Kier molecular flexibility index (Phi) is 30.3. The molecule has 0 amide bonds. The van der Waals surface area contributed by atoms with Crippen LogP contribution in [0.25, 0.3) is 0 Å². The quantitative estimate of drug-likeness (QED) is 0.0710. The molecule has 3 nitrogen and oxygen atoms in total. The highest BCUT2D eigenvalue weighted by Gasteiger charge is 2.17. The molecule has 0 fully saturated rings. The van der Waals surface area contributed by atoms with Gasteiger partial charge in [0.2, 0.25) is 0 Å². The molecule has 0 aromatic rings. The lowest BCUT2D eigenvalue weighted by Crippen LogP contribution is -2.38. The zero-order valence-electron chi connectivity index (χ0n) is 31.0. The van der Waals surface area contributed by atoms with E-state index >= 15 is 0 Å². The summed E-state index contributed by atoms with van der Waals surface area (Å²) in [7, 11) is 0. The summed E-state index contributed by atoms with van der Waals surface area (Å²) < 4.78 is 6.50. The van der Waals surface area contributed by atoms with Crippen LogP contribution in [0.3, 0.4) is 0 Å². The van der Waals surface area contributed by atoms with Gasteiger partial charge < -0.3 is 14.5 Å². The minimum Gasteiger partial charge on any atom is -0.373 e. The van der Waals surface area contributed by atoms with Crippen LogP contribution in [0.4, 0.5) is 0 Å². The van der Waals surface area contributed by atoms with Gasteiger partial charge in [-0.3, -0.25) is 0 Å². The second kappa shape index (κ2) is 31.0. The van der Waals surface area contributed by atoms with Crippen LogP contribution in [0.1, 0.15) is 197 Å². The van der Waals surface area contributed by atoms with E-state index < -0.39 is 0 Å². The molecule has 0 aliphatic carbocycles. The SMILES string of the molecule is CCC=C(COC/C(=C/CC)N(C(C)C)C(C)C)N(CCCCCCCCCCCC)CCCCCCCCCCCC. The largest absolute Gasteiger partial charge is 0.373 e. The van der Waals surface area contributed by atoms with E-state index in [1.807, 2.05) is 0 Å². The maximum atomic E-state index is 6.50. The summed E-state index contributed by atoms with van der Waals surface area (Å²) in [5.41, 5.74) is 2.77. The summed E-state index contributed by atoms with van der Waals surface area (Å²) in [4.78, 5) is 5.23. The number of nitrogens with zero attached hydrogens (tertiary/aromatic N) is 2. The molecule has 0 aliphatic rings. The number of rotatable bonds is 32. The fourth-order valence-electron chi connectivity index (χ4n) is 6.49. The van der Waals surface area contributed by atoms with Crippen LogP contribution in [-0.2, 0) is 4.74 Å². The Morgan fingerprint density at radius 3 is 1.14 bits per heavy atom. The van der Waals surface area contributed by atoms with E-state index in [9.17, 15) is 0 Å². The first-order chi connectivity index (χ1) is 20.9. The monoisotopic (exact) mass is 605 g/mol. The Bertz CT molecular complexity index is 606. The fourth-order valence-corrected chi connectivity index (χ4v) is 6.49. The third-order valence-corrected chi connectivity index (χ3v) is 8.79. The van der Waals surface area contributed by atoms with Gasteiger partial charge in [-0.15, -0.1) is 0 Å². The van der Waals surface area contributed by atoms with Gasteiger partial charge in [0.25, 0.3) is 0 Å². The zero-order chi connectivity index (χ0) is 32.0. The number of allylic oxidation sites excluding steroid dienone is 2. The Morgan fingerprint density at radius 1 is 0.465 bits per heavy atom. The molecule has 0 spiro atoms. The lowest BCUT2D eigenvalue weighted by atomic mass is 10.1. The summed E-state index contributed by atoms with van der Waals surface area (Å²) in [5, 5.41) is 0. The highest BCUT2D eigenvalue weighted by molar-refractivity contribution is 5.06. The van der Waals surface area contributed by atoms with Crippen molar-refractivity contribution in [1.29, 1.82) is 0 Å². The number of unbranched alkanes of at least 4 members (excludes halogenated alkanes) is 18. The maximum absolute atomic E-state index is 6.50. The van der Waals surface area contributed by atoms with E-state index in [4.69, 9.17) is 4.74 Å². The molecule has 0 radical (unpaired) electrons. The molecular formula is C40H80N2O. The van der Waals surface area contributed by atoms with Crippen LogP contribution < -0.4 is 0 Å². The minimum absolute atomic E-state index is 0.483. The van der Waals surface area contributed by atoms with Gasteiger partial charge in [-0.25, -0.2) is 0 Å². The van der Waals surface area contributed by atoms with E-state index in [1.165, 1.54) is 153 Å². The third kappa shape index (κ3) is 24.0. The lowest BCUT2D eigenvalue weighted by molar-refractivity contribution is 0.115. The van der Waals surface area contributed by atoms with Crippen molar-refractivity contribution in [3.8, 4) is 0 Å². The van der Waals surface area contributed by atoms with E-state index in [0.717, 1.165) is 19.4 Å². The van der Waals surface area contributed by atoms with Gasteiger partial charge in [0.1, 0.15) is 0 Å². The molecule has 0 saturated carbocycles. The Balaban J connectivity index is 4.92. The van der Waals surface area contributed by atoms with Crippen LogP contribution in [0.2, 0.25) is 0 Å². The molecule has 0 aliphatic heterocycles. The van der Waals surface area contributed by atoms with Crippen molar-refractivity contribution in [2.24, 2.45) is 0 Å². The predicted octanol–water partition coefficient (Wildman–Crippen LogP) is 12.9. The molecule has 0 saturated heterocycles. The van der Waals surface area contributed by atoms with Crippen LogP contribution in [0.15, 0.2) is 23.5 Å². The lowest BCUT2D eigenvalue weighted by Gasteiger charge is -2.35. The van der Waals surface area contributed by atoms with E-state index in [-0.39, 0.29) is 0 Å². The normalized spacial score (nSPS) is 12.6. The number of hydrogen-bond acceptors (Lipinski definition) is 3. The van der Waals surface area contributed by atoms with Gasteiger partial charge in [0.05, 0.1) is 13.2 Å². The highest BCUT2D eigenvalue weighted by atomic mass is 16.5.